The molecule has 1 fully saturated rings. The number of H-pyrrole nitrogens is 2. The van der Waals surface area contributed by atoms with Gasteiger partial charge in [0.25, 0.3) is 5.56 Å². The van der Waals surface area contributed by atoms with Crippen molar-refractivity contribution >= 4 is 31.8 Å². The first kappa shape index (κ1) is 23.7. The fourth-order valence-corrected chi connectivity index (χ4v) is 5.89. The van der Waals surface area contributed by atoms with Gasteiger partial charge in [0, 0.05) is 68.0 Å². The van der Waals surface area contributed by atoms with Crippen molar-refractivity contribution in [3.05, 3.63) is 76.8 Å². The number of benzene rings is 2. The van der Waals surface area contributed by atoms with E-state index in [1.807, 2.05) is 49.8 Å². The molecule has 10 heteroatoms. The molecule has 190 valence electrons. The maximum Gasteiger partial charge on any atom is 0.257 e. The monoisotopic (exact) mass is 516 g/mol. The summed E-state index contributed by atoms with van der Waals surface area (Å²) in [6.07, 6.45) is 5.06. The van der Waals surface area contributed by atoms with Crippen LogP contribution < -0.4 is 5.56 Å². The van der Waals surface area contributed by atoms with Gasteiger partial charge in [-0.1, -0.05) is 12.1 Å². The number of hydrogen-bond donors (Lipinski definition) is 2. The average Bonchev–Trinajstić information content (AvgIpc) is 3.49. The number of aryl methyl sites for hydroxylation is 1. The SMILES string of the molecule is Cn1cc(-c2ccc3[nH]c(=O)c(-c4cc5cc(CN6CCN(S(C)(=O)=O)CC6)ccc5[nH]4)cc3c2)cn1. The molecule has 5 aromatic rings. The molecule has 1 aliphatic heterocycles. The quantitative estimate of drug-likeness (QED) is 0.373. The van der Waals surface area contributed by atoms with E-state index in [1.165, 1.54) is 10.6 Å². The van der Waals surface area contributed by atoms with Crippen molar-refractivity contribution in [2.45, 2.75) is 6.54 Å². The minimum atomic E-state index is -3.14. The van der Waals surface area contributed by atoms with Crippen molar-refractivity contribution in [2.75, 3.05) is 32.4 Å². The first-order valence-electron chi connectivity index (χ1n) is 12.2. The Labute approximate surface area is 214 Å². The van der Waals surface area contributed by atoms with Gasteiger partial charge in [0.1, 0.15) is 0 Å². The maximum absolute atomic E-state index is 13.0. The van der Waals surface area contributed by atoms with Gasteiger partial charge in [0.2, 0.25) is 10.0 Å². The van der Waals surface area contributed by atoms with Crippen LogP contribution in [0.15, 0.2) is 65.7 Å². The van der Waals surface area contributed by atoms with Gasteiger partial charge in [-0.2, -0.15) is 9.40 Å². The lowest BCUT2D eigenvalue weighted by atomic mass is 10.0. The summed E-state index contributed by atoms with van der Waals surface area (Å²) >= 11 is 0. The molecule has 0 spiro atoms. The summed E-state index contributed by atoms with van der Waals surface area (Å²) in [5.74, 6) is 0. The van der Waals surface area contributed by atoms with E-state index in [9.17, 15) is 13.2 Å². The summed E-state index contributed by atoms with van der Waals surface area (Å²) in [5, 5.41) is 6.24. The summed E-state index contributed by atoms with van der Waals surface area (Å²) in [5.41, 5.74) is 6.18. The summed E-state index contributed by atoms with van der Waals surface area (Å²) in [7, 11) is -1.25. The summed E-state index contributed by atoms with van der Waals surface area (Å²) in [6.45, 7) is 3.20. The predicted octanol–water partition coefficient (Wildman–Crippen LogP) is 3.15. The zero-order chi connectivity index (χ0) is 25.7. The number of rotatable bonds is 5. The lowest BCUT2D eigenvalue weighted by molar-refractivity contribution is 0.182. The second-order valence-electron chi connectivity index (χ2n) is 9.76. The number of sulfonamides is 1. The maximum atomic E-state index is 13.0. The molecule has 2 aromatic carbocycles. The van der Waals surface area contributed by atoms with Crippen LogP contribution in [0.4, 0.5) is 0 Å². The Morgan fingerprint density at radius 2 is 1.62 bits per heavy atom. The van der Waals surface area contributed by atoms with Crippen LogP contribution >= 0.6 is 0 Å². The van der Waals surface area contributed by atoms with E-state index in [0.717, 1.165) is 50.7 Å². The van der Waals surface area contributed by atoms with E-state index in [4.69, 9.17) is 0 Å². The highest BCUT2D eigenvalue weighted by atomic mass is 32.2. The molecule has 0 atom stereocenters. The summed E-state index contributed by atoms with van der Waals surface area (Å²) < 4.78 is 26.8. The molecule has 3 aromatic heterocycles. The Hall–Kier alpha value is -3.73. The molecule has 0 saturated carbocycles. The minimum Gasteiger partial charge on any atom is -0.354 e. The van der Waals surface area contributed by atoms with Gasteiger partial charge in [-0.15, -0.1) is 0 Å². The third-order valence-corrected chi connectivity index (χ3v) is 8.37. The van der Waals surface area contributed by atoms with E-state index >= 15 is 0 Å². The van der Waals surface area contributed by atoms with Crippen molar-refractivity contribution in [3.8, 4) is 22.4 Å². The number of hydrogen-bond acceptors (Lipinski definition) is 5. The van der Waals surface area contributed by atoms with Crippen LogP contribution in [0.3, 0.4) is 0 Å². The first-order chi connectivity index (χ1) is 17.7. The molecule has 0 aliphatic carbocycles. The van der Waals surface area contributed by atoms with Crippen molar-refractivity contribution in [1.82, 2.24) is 29.0 Å². The number of nitrogens with one attached hydrogen (secondary N) is 2. The largest absolute Gasteiger partial charge is 0.354 e. The van der Waals surface area contributed by atoms with Crippen molar-refractivity contribution in [1.29, 1.82) is 0 Å². The van der Waals surface area contributed by atoms with E-state index in [1.54, 1.807) is 4.68 Å². The van der Waals surface area contributed by atoms with Gasteiger partial charge in [0.05, 0.1) is 23.7 Å². The van der Waals surface area contributed by atoms with E-state index in [-0.39, 0.29) is 5.56 Å². The Balaban J connectivity index is 1.27. The van der Waals surface area contributed by atoms with Crippen LogP contribution in [0.25, 0.3) is 44.2 Å². The second-order valence-corrected chi connectivity index (χ2v) is 11.7. The molecule has 1 saturated heterocycles. The fourth-order valence-electron chi connectivity index (χ4n) is 5.06. The van der Waals surface area contributed by atoms with E-state index in [2.05, 4.69) is 38.2 Å². The molecule has 9 nitrogen and oxygen atoms in total. The van der Waals surface area contributed by atoms with Gasteiger partial charge in [-0.05, 0) is 52.9 Å². The standard InChI is InChI=1S/C27H28N6O3S/c1-31-17-22(15-28-31)19-4-6-25-21(12-19)13-23(27(34)30-25)26-14-20-11-18(3-5-24(20)29-26)16-32-7-9-33(10-8-32)37(2,35)36/h3-6,11-15,17,29H,7-10,16H2,1-2H3,(H,30,34). The Morgan fingerprint density at radius 1 is 0.892 bits per heavy atom. The zero-order valence-corrected chi connectivity index (χ0v) is 21.5. The summed E-state index contributed by atoms with van der Waals surface area (Å²) in [6, 6.07) is 16.2. The molecule has 0 bridgehead atoms. The molecular formula is C27H28N6O3S. The number of fused-ring (bicyclic) bond motifs is 2. The van der Waals surface area contributed by atoms with Crippen LogP contribution in [0, 0.1) is 0 Å². The normalized spacial score (nSPS) is 15.6. The second kappa shape index (κ2) is 8.98. The lowest BCUT2D eigenvalue weighted by Gasteiger charge is -2.33. The molecule has 4 heterocycles. The molecule has 37 heavy (non-hydrogen) atoms. The molecule has 2 N–H and O–H groups in total. The summed E-state index contributed by atoms with van der Waals surface area (Å²) in [4.78, 5) is 21.6. The molecule has 0 radical (unpaired) electrons. The molecule has 6 rings (SSSR count). The highest BCUT2D eigenvalue weighted by Crippen LogP contribution is 2.28. The van der Waals surface area contributed by atoms with Crippen molar-refractivity contribution in [2.24, 2.45) is 7.05 Å². The molecule has 1 aliphatic rings. The topological polar surface area (TPSA) is 107 Å². The number of aromatic amines is 2. The third kappa shape index (κ3) is 4.71. The Kier molecular flexibility index (Phi) is 5.74. The van der Waals surface area contributed by atoms with Gasteiger partial charge in [0.15, 0.2) is 0 Å². The van der Waals surface area contributed by atoms with Crippen molar-refractivity contribution in [3.63, 3.8) is 0 Å². The van der Waals surface area contributed by atoms with E-state index < -0.39 is 10.0 Å². The number of piperazine rings is 1. The smallest absolute Gasteiger partial charge is 0.257 e. The molecule has 0 unspecified atom stereocenters. The predicted molar refractivity (Wildman–Crippen MR) is 146 cm³/mol. The zero-order valence-electron chi connectivity index (χ0n) is 20.7. The van der Waals surface area contributed by atoms with E-state index in [0.29, 0.717) is 31.7 Å². The third-order valence-electron chi connectivity index (χ3n) is 7.06. The fraction of sp³-hybridized carbons (Fsp3) is 0.259. The van der Waals surface area contributed by atoms with Crippen LogP contribution in [0.2, 0.25) is 0 Å². The number of nitrogens with zero attached hydrogens (tertiary/aromatic N) is 4. The van der Waals surface area contributed by atoms with Gasteiger partial charge >= 0.3 is 0 Å². The molecule has 0 amide bonds. The van der Waals surface area contributed by atoms with Gasteiger partial charge in [-0.3, -0.25) is 14.4 Å². The van der Waals surface area contributed by atoms with Crippen molar-refractivity contribution < 1.29 is 8.42 Å². The Bertz CT molecular complexity index is 1790. The Morgan fingerprint density at radius 3 is 2.35 bits per heavy atom. The average molecular weight is 517 g/mol. The van der Waals surface area contributed by atoms with Crippen LogP contribution in [-0.2, 0) is 23.6 Å². The van der Waals surface area contributed by atoms with Crippen LogP contribution in [0.1, 0.15) is 5.56 Å². The number of aromatic nitrogens is 4. The first-order valence-corrected chi connectivity index (χ1v) is 14.0. The van der Waals surface area contributed by atoms with Gasteiger partial charge < -0.3 is 9.97 Å². The van der Waals surface area contributed by atoms with Crippen LogP contribution in [-0.4, -0.2) is 69.8 Å². The lowest BCUT2D eigenvalue weighted by Crippen LogP contribution is -2.47. The highest BCUT2D eigenvalue weighted by molar-refractivity contribution is 7.88. The molecular weight excluding hydrogens is 488 g/mol. The number of pyridine rings is 1. The van der Waals surface area contributed by atoms with Crippen LogP contribution in [0.5, 0.6) is 0 Å². The van der Waals surface area contributed by atoms with Gasteiger partial charge in [-0.25, -0.2) is 8.42 Å². The minimum absolute atomic E-state index is 0.142. The highest BCUT2D eigenvalue weighted by Gasteiger charge is 2.23.